The highest BCUT2D eigenvalue weighted by molar-refractivity contribution is 8.14. The highest BCUT2D eigenvalue weighted by Gasteiger charge is 2.23. The minimum absolute atomic E-state index is 0.183. The maximum Gasteiger partial charge on any atom is 0.281 e. The van der Waals surface area contributed by atoms with E-state index in [4.69, 9.17) is 0 Å². The van der Waals surface area contributed by atoms with Crippen LogP contribution in [0.3, 0.4) is 0 Å². The first-order chi connectivity index (χ1) is 11.7. The molecule has 3 aromatic heterocycles. The summed E-state index contributed by atoms with van der Waals surface area (Å²) in [5.74, 6) is 1.11. The number of aliphatic imine (C=N–C) groups is 1. The van der Waals surface area contributed by atoms with E-state index in [1.165, 1.54) is 17.8 Å². The van der Waals surface area contributed by atoms with Crippen LogP contribution in [0, 0.1) is 0 Å². The third-order valence-electron chi connectivity index (χ3n) is 3.70. The number of amidine groups is 1. The highest BCUT2D eigenvalue weighted by Crippen LogP contribution is 2.24. The Kier molecular flexibility index (Phi) is 3.66. The van der Waals surface area contributed by atoms with Crippen LogP contribution in [0.2, 0.25) is 0 Å². The molecule has 1 fully saturated rings. The second-order valence-electron chi connectivity index (χ2n) is 5.20. The van der Waals surface area contributed by atoms with Crippen molar-refractivity contribution in [3.63, 3.8) is 0 Å². The van der Waals surface area contributed by atoms with Crippen molar-refractivity contribution in [2.24, 2.45) is 4.99 Å². The van der Waals surface area contributed by atoms with E-state index in [1.807, 2.05) is 11.0 Å². The second-order valence-corrected chi connectivity index (χ2v) is 6.26. The van der Waals surface area contributed by atoms with Crippen LogP contribution in [-0.2, 0) is 0 Å². The average Bonchev–Trinajstić information content (AvgIpc) is 3.21. The summed E-state index contributed by atoms with van der Waals surface area (Å²) in [6, 6.07) is 8.55. The zero-order valence-electron chi connectivity index (χ0n) is 12.5. The summed E-state index contributed by atoms with van der Waals surface area (Å²) in [4.78, 5) is 40.1. The summed E-state index contributed by atoms with van der Waals surface area (Å²) < 4.78 is 0. The van der Waals surface area contributed by atoms with Gasteiger partial charge in [-0.1, -0.05) is 17.8 Å². The fraction of sp³-hybridized carbons (Fsp3) is 0.125. The highest BCUT2D eigenvalue weighted by atomic mass is 32.2. The fourth-order valence-electron chi connectivity index (χ4n) is 2.59. The summed E-state index contributed by atoms with van der Waals surface area (Å²) >= 11 is 1.49. The molecular formula is C16H13N5O2S. The zero-order valence-corrected chi connectivity index (χ0v) is 13.3. The summed E-state index contributed by atoms with van der Waals surface area (Å²) in [7, 11) is 0. The molecule has 0 unspecified atom stereocenters. The number of H-pyrrole nitrogens is 2. The Morgan fingerprint density at radius 1 is 1.29 bits per heavy atom. The number of aromatic nitrogens is 3. The van der Waals surface area contributed by atoms with Crippen molar-refractivity contribution in [2.75, 3.05) is 17.2 Å². The maximum atomic E-state index is 12.6. The Bertz CT molecular complexity index is 1010. The topological polar surface area (TPSA) is 94.2 Å². The molecule has 1 amide bonds. The SMILES string of the molecule is O=C(/N=C1\SCCN1c1cccc(=O)[nH]1)c1c[nH]c2ncccc12. The molecule has 0 aromatic carbocycles. The van der Waals surface area contributed by atoms with Gasteiger partial charge in [0.2, 0.25) is 5.56 Å². The minimum Gasteiger partial charge on any atom is -0.345 e. The van der Waals surface area contributed by atoms with E-state index in [0.717, 1.165) is 11.1 Å². The average molecular weight is 339 g/mol. The van der Waals surface area contributed by atoms with Crippen LogP contribution < -0.4 is 10.5 Å². The van der Waals surface area contributed by atoms with E-state index in [-0.39, 0.29) is 11.5 Å². The number of thioether (sulfide) groups is 1. The molecular weight excluding hydrogens is 326 g/mol. The van der Waals surface area contributed by atoms with Gasteiger partial charge >= 0.3 is 0 Å². The number of hydrogen-bond donors (Lipinski definition) is 2. The predicted octanol–water partition coefficient (Wildman–Crippen LogP) is 2.00. The smallest absolute Gasteiger partial charge is 0.281 e. The Labute approximate surface area is 140 Å². The monoisotopic (exact) mass is 339 g/mol. The van der Waals surface area contributed by atoms with Crippen LogP contribution in [0.1, 0.15) is 10.4 Å². The van der Waals surface area contributed by atoms with Crippen LogP contribution in [-0.4, -0.2) is 38.3 Å². The van der Waals surface area contributed by atoms with Gasteiger partial charge in [-0.3, -0.25) is 9.59 Å². The first-order valence-corrected chi connectivity index (χ1v) is 8.36. The molecule has 0 aliphatic carbocycles. The number of rotatable bonds is 2. The molecule has 0 radical (unpaired) electrons. The number of carbonyl (C=O) groups excluding carboxylic acids is 1. The molecule has 7 nitrogen and oxygen atoms in total. The maximum absolute atomic E-state index is 12.6. The fourth-order valence-corrected chi connectivity index (χ4v) is 3.54. The van der Waals surface area contributed by atoms with E-state index in [1.54, 1.807) is 30.6 Å². The number of nitrogens with one attached hydrogen (secondary N) is 2. The van der Waals surface area contributed by atoms with Gasteiger partial charge in [0.05, 0.1) is 5.56 Å². The van der Waals surface area contributed by atoms with Crippen molar-refractivity contribution in [2.45, 2.75) is 0 Å². The lowest BCUT2D eigenvalue weighted by Crippen LogP contribution is -2.27. The minimum atomic E-state index is -0.332. The Balaban J connectivity index is 1.69. The van der Waals surface area contributed by atoms with Gasteiger partial charge in [0.25, 0.3) is 5.91 Å². The molecule has 4 heterocycles. The number of fused-ring (bicyclic) bond motifs is 1. The standard InChI is InChI=1S/C16H13N5O2S/c22-13-5-1-4-12(19-13)21-7-8-24-16(21)20-15(23)11-9-18-14-10(11)3-2-6-17-14/h1-6,9H,7-8H2,(H,17,18)(H,19,22)/b20-16-. The lowest BCUT2D eigenvalue weighted by molar-refractivity contribution is 0.100. The lowest BCUT2D eigenvalue weighted by atomic mass is 10.2. The first kappa shape index (κ1) is 14.7. The summed E-state index contributed by atoms with van der Waals surface area (Å²) in [5, 5.41) is 1.33. The number of aromatic amines is 2. The van der Waals surface area contributed by atoms with E-state index in [2.05, 4.69) is 19.9 Å². The molecule has 1 aliphatic rings. The van der Waals surface area contributed by atoms with Gasteiger partial charge in [0, 0.05) is 36.1 Å². The lowest BCUT2D eigenvalue weighted by Gasteiger charge is -2.16. The summed E-state index contributed by atoms with van der Waals surface area (Å²) in [6.07, 6.45) is 3.29. The van der Waals surface area contributed by atoms with Gasteiger partial charge in [0.15, 0.2) is 5.17 Å². The largest absolute Gasteiger partial charge is 0.345 e. The third-order valence-corrected chi connectivity index (χ3v) is 4.66. The van der Waals surface area contributed by atoms with E-state index in [0.29, 0.717) is 28.7 Å². The molecule has 0 saturated carbocycles. The van der Waals surface area contributed by atoms with E-state index < -0.39 is 0 Å². The molecule has 2 N–H and O–H groups in total. The normalized spacial score (nSPS) is 16.2. The molecule has 3 aromatic rings. The molecule has 24 heavy (non-hydrogen) atoms. The molecule has 0 bridgehead atoms. The molecule has 4 rings (SSSR count). The van der Waals surface area contributed by atoms with Crippen LogP contribution in [0.5, 0.6) is 0 Å². The molecule has 1 aliphatic heterocycles. The number of nitrogens with zero attached hydrogens (tertiary/aromatic N) is 3. The van der Waals surface area contributed by atoms with Crippen molar-refractivity contribution in [3.05, 3.63) is 58.6 Å². The van der Waals surface area contributed by atoms with Crippen LogP contribution >= 0.6 is 11.8 Å². The van der Waals surface area contributed by atoms with Crippen molar-refractivity contribution in [1.29, 1.82) is 0 Å². The van der Waals surface area contributed by atoms with Crippen LogP contribution in [0.4, 0.5) is 5.82 Å². The molecule has 0 atom stereocenters. The van der Waals surface area contributed by atoms with Gasteiger partial charge in [-0.2, -0.15) is 4.99 Å². The molecule has 8 heteroatoms. The van der Waals surface area contributed by atoms with Gasteiger partial charge < -0.3 is 14.9 Å². The molecule has 0 spiro atoms. The summed E-state index contributed by atoms with van der Waals surface area (Å²) in [6.45, 7) is 0.687. The number of amides is 1. The van der Waals surface area contributed by atoms with Crippen molar-refractivity contribution in [1.82, 2.24) is 15.0 Å². The van der Waals surface area contributed by atoms with Gasteiger partial charge in [-0.15, -0.1) is 0 Å². The van der Waals surface area contributed by atoms with E-state index >= 15 is 0 Å². The number of hydrogen-bond acceptors (Lipinski definition) is 4. The second kappa shape index (κ2) is 5.97. The van der Waals surface area contributed by atoms with Crippen LogP contribution in [0.15, 0.2) is 52.5 Å². The van der Waals surface area contributed by atoms with Gasteiger partial charge in [-0.05, 0) is 18.2 Å². The van der Waals surface area contributed by atoms with Crippen molar-refractivity contribution >= 4 is 39.7 Å². The first-order valence-electron chi connectivity index (χ1n) is 7.37. The van der Waals surface area contributed by atoms with Gasteiger partial charge in [-0.25, -0.2) is 4.98 Å². The van der Waals surface area contributed by atoms with Crippen LogP contribution in [0.25, 0.3) is 11.0 Å². The molecule has 1 saturated heterocycles. The third kappa shape index (κ3) is 2.61. The quantitative estimate of drug-likeness (QED) is 0.745. The predicted molar refractivity (Wildman–Crippen MR) is 94.7 cm³/mol. The molecule has 120 valence electrons. The summed E-state index contributed by atoms with van der Waals surface area (Å²) in [5.41, 5.74) is 0.960. The number of pyridine rings is 2. The Morgan fingerprint density at radius 2 is 2.21 bits per heavy atom. The van der Waals surface area contributed by atoms with Crippen molar-refractivity contribution in [3.8, 4) is 0 Å². The number of anilines is 1. The Hall–Kier alpha value is -2.87. The number of carbonyl (C=O) groups is 1. The Morgan fingerprint density at radius 3 is 3.08 bits per heavy atom. The van der Waals surface area contributed by atoms with E-state index in [9.17, 15) is 9.59 Å². The van der Waals surface area contributed by atoms with Gasteiger partial charge in [0.1, 0.15) is 11.5 Å². The zero-order chi connectivity index (χ0) is 16.5. The van der Waals surface area contributed by atoms with Crippen molar-refractivity contribution < 1.29 is 4.79 Å².